The second-order valence-corrected chi connectivity index (χ2v) is 15.8. The van der Waals surface area contributed by atoms with Gasteiger partial charge in [-0.2, -0.15) is 0 Å². The summed E-state index contributed by atoms with van der Waals surface area (Å²) >= 11 is 0. The topological polar surface area (TPSA) is 161 Å². The van der Waals surface area contributed by atoms with Gasteiger partial charge in [0.15, 0.2) is 11.6 Å². The van der Waals surface area contributed by atoms with Crippen LogP contribution in [0.3, 0.4) is 0 Å². The van der Waals surface area contributed by atoms with Crippen molar-refractivity contribution in [3.05, 3.63) is 119 Å². The van der Waals surface area contributed by atoms with Gasteiger partial charge in [-0.25, -0.2) is 14.2 Å². The quantitative estimate of drug-likeness (QED) is 0.132. The van der Waals surface area contributed by atoms with Crippen LogP contribution >= 0.6 is 0 Å². The molecular weight excluding hydrogens is 732 g/mol. The van der Waals surface area contributed by atoms with Crippen LogP contribution in [-0.2, 0) is 30.5 Å². The molecule has 1 fully saturated rings. The van der Waals surface area contributed by atoms with Gasteiger partial charge in [0.1, 0.15) is 29.0 Å². The molecule has 0 aliphatic carbocycles. The van der Waals surface area contributed by atoms with Crippen molar-refractivity contribution in [2.75, 3.05) is 25.0 Å². The number of Topliss-reactive ketones (excluding diaryl/α,β-unsaturated/α-hetero) is 1. The lowest BCUT2D eigenvalue weighted by Gasteiger charge is -2.34. The average molecular weight is 783 g/mol. The molecule has 57 heavy (non-hydrogen) atoms. The van der Waals surface area contributed by atoms with Gasteiger partial charge in [0.05, 0.1) is 19.5 Å². The number of piperidine rings is 1. The van der Waals surface area contributed by atoms with E-state index in [2.05, 4.69) is 20.9 Å². The average Bonchev–Trinajstić information content (AvgIpc) is 3.62. The molecule has 1 aromatic heterocycles. The van der Waals surface area contributed by atoms with Gasteiger partial charge in [0, 0.05) is 30.8 Å². The second kappa shape index (κ2) is 18.4. The molecule has 4 amide bonds. The van der Waals surface area contributed by atoms with Crippen molar-refractivity contribution in [1.29, 1.82) is 0 Å². The molecular formula is C43H51FN6O7. The van der Waals surface area contributed by atoms with Crippen LogP contribution in [0.5, 0.6) is 0 Å². The molecule has 0 spiro atoms. The van der Waals surface area contributed by atoms with Crippen molar-refractivity contribution < 1.29 is 37.8 Å². The van der Waals surface area contributed by atoms with Gasteiger partial charge in [-0.1, -0.05) is 60.2 Å². The van der Waals surface area contributed by atoms with E-state index in [4.69, 9.17) is 9.47 Å². The number of aromatic nitrogens is 2. The summed E-state index contributed by atoms with van der Waals surface area (Å²) in [5.74, 6) is -2.16. The highest BCUT2D eigenvalue weighted by molar-refractivity contribution is 5.99. The van der Waals surface area contributed by atoms with Crippen molar-refractivity contribution in [3.8, 4) is 0 Å². The fourth-order valence-corrected chi connectivity index (χ4v) is 6.34. The highest BCUT2D eigenvalue weighted by Crippen LogP contribution is 2.28. The van der Waals surface area contributed by atoms with Gasteiger partial charge in [-0.15, -0.1) is 0 Å². The van der Waals surface area contributed by atoms with Crippen LogP contribution in [0.4, 0.5) is 15.0 Å². The summed E-state index contributed by atoms with van der Waals surface area (Å²) in [6.45, 7) is 10.7. The van der Waals surface area contributed by atoms with E-state index in [1.165, 1.54) is 44.4 Å². The van der Waals surface area contributed by atoms with Crippen molar-refractivity contribution >= 4 is 35.4 Å². The van der Waals surface area contributed by atoms with Crippen molar-refractivity contribution in [2.45, 2.75) is 84.2 Å². The molecule has 3 N–H and O–H groups in total. The minimum absolute atomic E-state index is 0.0741. The first-order valence-electron chi connectivity index (χ1n) is 18.9. The molecule has 2 atom stereocenters. The summed E-state index contributed by atoms with van der Waals surface area (Å²) in [7, 11) is 0. The lowest BCUT2D eigenvalue weighted by atomic mass is 9.88. The first-order chi connectivity index (χ1) is 27.0. The number of carbonyl (C=O) groups excluding carboxylic acids is 5. The molecule has 13 nitrogen and oxygen atoms in total. The molecule has 14 heteroatoms. The number of nitrogens with zero attached hydrogens (tertiary/aromatic N) is 3. The smallest absolute Gasteiger partial charge is 0.408 e. The third-order valence-electron chi connectivity index (χ3n) is 9.48. The number of hydrogen-bond donors (Lipinski definition) is 3. The van der Waals surface area contributed by atoms with Gasteiger partial charge in [0.25, 0.3) is 5.91 Å². The van der Waals surface area contributed by atoms with E-state index in [0.29, 0.717) is 37.1 Å². The minimum atomic E-state index is -1.47. The van der Waals surface area contributed by atoms with Crippen molar-refractivity contribution in [2.24, 2.45) is 5.92 Å². The zero-order chi connectivity index (χ0) is 41.3. The number of amides is 4. The van der Waals surface area contributed by atoms with E-state index in [0.717, 1.165) is 11.1 Å². The van der Waals surface area contributed by atoms with Crippen molar-refractivity contribution in [3.63, 3.8) is 0 Å². The Kier molecular flexibility index (Phi) is 13.6. The lowest BCUT2D eigenvalue weighted by Crippen LogP contribution is -2.59. The van der Waals surface area contributed by atoms with E-state index in [-0.39, 0.29) is 36.6 Å². The number of ketones is 1. The maximum Gasteiger partial charge on any atom is 0.408 e. The number of benzene rings is 3. The first kappa shape index (κ1) is 42.3. The Morgan fingerprint density at radius 1 is 0.895 bits per heavy atom. The Bertz CT molecular complexity index is 2020. The van der Waals surface area contributed by atoms with Crippen LogP contribution in [0.2, 0.25) is 0 Å². The van der Waals surface area contributed by atoms with Crippen molar-refractivity contribution in [1.82, 2.24) is 25.1 Å². The molecule has 4 aromatic rings. The summed E-state index contributed by atoms with van der Waals surface area (Å²) in [6, 6.07) is 20.3. The molecule has 1 aliphatic heterocycles. The molecule has 5 rings (SSSR count). The number of nitrogens with one attached hydrogen (secondary N) is 3. The second-order valence-electron chi connectivity index (χ2n) is 15.8. The van der Waals surface area contributed by atoms with Crippen LogP contribution < -0.4 is 16.0 Å². The van der Waals surface area contributed by atoms with E-state index < -0.39 is 46.9 Å². The predicted octanol–water partition coefficient (Wildman–Crippen LogP) is 5.98. The number of hydrogen-bond acceptors (Lipinski definition) is 8. The molecule has 0 saturated carbocycles. The first-order valence-corrected chi connectivity index (χ1v) is 18.9. The van der Waals surface area contributed by atoms with Gasteiger partial charge in [-0.3, -0.25) is 19.2 Å². The highest BCUT2D eigenvalue weighted by Gasteiger charge is 2.36. The normalized spacial score (nSPS) is 14.6. The molecule has 1 unspecified atom stereocenters. The molecule has 2 heterocycles. The number of rotatable bonds is 14. The predicted molar refractivity (Wildman–Crippen MR) is 212 cm³/mol. The Morgan fingerprint density at radius 2 is 1.54 bits per heavy atom. The summed E-state index contributed by atoms with van der Waals surface area (Å²) < 4.78 is 26.2. The summed E-state index contributed by atoms with van der Waals surface area (Å²) in [6.07, 6.45) is 3.11. The Balaban J connectivity index is 1.30. The van der Waals surface area contributed by atoms with Gasteiger partial charge < -0.3 is 34.9 Å². The zero-order valence-electron chi connectivity index (χ0n) is 33.2. The molecule has 3 aromatic carbocycles. The van der Waals surface area contributed by atoms with E-state index in [9.17, 15) is 28.4 Å². The maximum atomic E-state index is 14.3. The summed E-state index contributed by atoms with van der Waals surface area (Å²) in [5.41, 5.74) is 0.758. The van der Waals surface area contributed by atoms with E-state index in [1.54, 1.807) is 36.4 Å². The number of halogens is 1. The molecule has 0 bridgehead atoms. The van der Waals surface area contributed by atoms with Crippen LogP contribution in [0.1, 0.15) is 80.6 Å². The Hall–Kier alpha value is -5.89. The molecule has 302 valence electrons. The lowest BCUT2D eigenvalue weighted by molar-refractivity contribution is -0.134. The van der Waals surface area contributed by atoms with Crippen LogP contribution in [0.15, 0.2) is 91.4 Å². The van der Waals surface area contributed by atoms with Gasteiger partial charge in [0.2, 0.25) is 11.8 Å². The van der Waals surface area contributed by atoms with E-state index in [1.807, 2.05) is 61.5 Å². The van der Waals surface area contributed by atoms with E-state index >= 15 is 0 Å². The third kappa shape index (κ3) is 11.8. The largest absolute Gasteiger partial charge is 0.444 e. The SMILES string of the molecule is Cc1ccc(C(C(=O)N2CCC(C(=O)c3ccc(F)cc3)CC2)n2cnc(NC(=O)[C@@H](COCc3ccccc3)NC(=O)C(C)(C)NC(=O)OC(C)(C)C)c2)cc1. The maximum absolute atomic E-state index is 14.3. The Morgan fingerprint density at radius 3 is 2.18 bits per heavy atom. The van der Waals surface area contributed by atoms with Gasteiger partial charge in [-0.05, 0) is 89.8 Å². The Labute approximate surface area is 332 Å². The standard InChI is InChI=1S/C43H51FN6O7/c1-28-12-14-30(15-13-28)36(39(53)49-22-20-32(21-23-49)37(51)31-16-18-33(44)19-17-31)50-24-35(45-27-50)47-38(52)34(26-56-25-29-10-8-7-9-11-29)46-40(54)43(5,6)48-41(55)57-42(2,3)4/h7-19,24,27,32,34,36H,20-23,25-26H2,1-6H3,(H,46,54)(H,47,52)(H,48,55)/t34-,36?/m1/s1. The number of ether oxygens (including phenoxy) is 2. The van der Waals surface area contributed by atoms with Crippen LogP contribution in [-0.4, -0.2) is 80.9 Å². The number of alkyl carbamates (subject to hydrolysis) is 1. The number of aryl methyl sites for hydroxylation is 1. The zero-order valence-corrected chi connectivity index (χ0v) is 33.2. The van der Waals surface area contributed by atoms with Crippen LogP contribution in [0, 0.1) is 18.7 Å². The van der Waals surface area contributed by atoms with Crippen LogP contribution in [0.25, 0.3) is 0 Å². The number of carbonyl (C=O) groups is 5. The van der Waals surface area contributed by atoms with Gasteiger partial charge >= 0.3 is 6.09 Å². The number of imidazole rings is 1. The summed E-state index contributed by atoms with van der Waals surface area (Å²) in [4.78, 5) is 73.3. The summed E-state index contributed by atoms with van der Waals surface area (Å²) in [5, 5.41) is 7.99. The fraction of sp³-hybridized carbons (Fsp3) is 0.395. The number of anilines is 1. The molecule has 1 aliphatic rings. The monoisotopic (exact) mass is 782 g/mol. The molecule has 1 saturated heterocycles. The fourth-order valence-electron chi connectivity index (χ4n) is 6.34. The highest BCUT2D eigenvalue weighted by atomic mass is 19.1. The minimum Gasteiger partial charge on any atom is -0.444 e. The third-order valence-corrected chi connectivity index (χ3v) is 9.48. The number of likely N-dealkylation sites (tertiary alicyclic amines) is 1. The molecule has 0 radical (unpaired) electrons.